The predicted molar refractivity (Wildman–Crippen MR) is 85.1 cm³/mol. The lowest BCUT2D eigenvalue weighted by Gasteiger charge is -2.28. The summed E-state index contributed by atoms with van der Waals surface area (Å²) in [5, 5.41) is 2.86. The zero-order chi connectivity index (χ0) is 14.3. The second-order valence-electron chi connectivity index (χ2n) is 5.87. The van der Waals surface area contributed by atoms with Crippen molar-refractivity contribution in [1.82, 2.24) is 5.32 Å². The van der Waals surface area contributed by atoms with Gasteiger partial charge >= 0.3 is 0 Å². The molecule has 0 bridgehead atoms. The SMILES string of the molecule is CCC(C)C(N)C(=O)NCCOC1CCCCC1C.Cl. The molecule has 4 atom stereocenters. The van der Waals surface area contributed by atoms with Crippen LogP contribution in [0.2, 0.25) is 0 Å². The zero-order valence-corrected chi connectivity index (χ0v) is 13.9. The number of ether oxygens (including phenoxy) is 1. The molecule has 0 radical (unpaired) electrons. The van der Waals surface area contributed by atoms with Crippen molar-refractivity contribution in [3.63, 3.8) is 0 Å². The zero-order valence-electron chi connectivity index (χ0n) is 13.1. The van der Waals surface area contributed by atoms with Crippen LogP contribution in [0.1, 0.15) is 52.9 Å². The molecule has 0 aromatic heterocycles. The van der Waals surface area contributed by atoms with E-state index >= 15 is 0 Å². The van der Waals surface area contributed by atoms with Gasteiger partial charge in [0.2, 0.25) is 5.91 Å². The maximum Gasteiger partial charge on any atom is 0.237 e. The highest BCUT2D eigenvalue weighted by atomic mass is 35.5. The summed E-state index contributed by atoms with van der Waals surface area (Å²) in [5.74, 6) is 0.806. The molecule has 4 unspecified atom stereocenters. The molecule has 20 heavy (non-hydrogen) atoms. The average molecular weight is 307 g/mol. The molecule has 3 N–H and O–H groups in total. The van der Waals surface area contributed by atoms with Crippen LogP contribution in [0.5, 0.6) is 0 Å². The number of nitrogens with two attached hydrogens (primary N) is 1. The molecular weight excluding hydrogens is 276 g/mol. The first kappa shape index (κ1) is 19.7. The smallest absolute Gasteiger partial charge is 0.237 e. The Hall–Kier alpha value is -0.320. The van der Waals surface area contributed by atoms with Gasteiger partial charge < -0.3 is 15.8 Å². The van der Waals surface area contributed by atoms with E-state index in [-0.39, 0.29) is 24.2 Å². The van der Waals surface area contributed by atoms with Crippen LogP contribution in [0.25, 0.3) is 0 Å². The number of carbonyl (C=O) groups excluding carboxylic acids is 1. The molecule has 0 heterocycles. The van der Waals surface area contributed by atoms with Gasteiger partial charge in [0.25, 0.3) is 0 Å². The largest absolute Gasteiger partial charge is 0.376 e. The maximum absolute atomic E-state index is 11.8. The molecule has 0 aromatic carbocycles. The molecule has 120 valence electrons. The molecule has 1 saturated carbocycles. The summed E-state index contributed by atoms with van der Waals surface area (Å²) in [6.45, 7) is 7.46. The molecule has 0 saturated heterocycles. The molecule has 1 fully saturated rings. The van der Waals surface area contributed by atoms with Gasteiger partial charge in [-0.3, -0.25) is 4.79 Å². The molecule has 5 heteroatoms. The second-order valence-corrected chi connectivity index (χ2v) is 5.87. The Morgan fingerprint density at radius 2 is 2.05 bits per heavy atom. The summed E-state index contributed by atoms with van der Waals surface area (Å²) in [6.07, 6.45) is 6.29. The Balaban J connectivity index is 0.00000361. The van der Waals surface area contributed by atoms with Crippen molar-refractivity contribution in [2.75, 3.05) is 13.2 Å². The molecule has 1 aliphatic carbocycles. The fraction of sp³-hybridized carbons (Fsp3) is 0.933. The number of halogens is 1. The predicted octanol–water partition coefficient (Wildman–Crippen LogP) is 2.49. The lowest BCUT2D eigenvalue weighted by molar-refractivity contribution is -0.123. The third-order valence-electron chi connectivity index (χ3n) is 4.33. The fourth-order valence-corrected chi connectivity index (χ4v) is 2.54. The van der Waals surface area contributed by atoms with Crippen molar-refractivity contribution in [2.24, 2.45) is 17.6 Å². The Kier molecular flexibility index (Phi) is 10.2. The molecular formula is C15H31ClN2O2. The van der Waals surface area contributed by atoms with E-state index in [9.17, 15) is 4.79 Å². The summed E-state index contributed by atoms with van der Waals surface area (Å²) in [7, 11) is 0. The van der Waals surface area contributed by atoms with Crippen LogP contribution >= 0.6 is 12.4 Å². The van der Waals surface area contributed by atoms with E-state index in [2.05, 4.69) is 12.2 Å². The number of nitrogens with one attached hydrogen (secondary N) is 1. The van der Waals surface area contributed by atoms with Crippen LogP contribution in [0, 0.1) is 11.8 Å². The summed E-state index contributed by atoms with van der Waals surface area (Å²) >= 11 is 0. The van der Waals surface area contributed by atoms with Gasteiger partial charge in [-0.05, 0) is 24.7 Å². The van der Waals surface area contributed by atoms with Crippen LogP contribution in [-0.2, 0) is 9.53 Å². The number of carbonyl (C=O) groups is 1. The van der Waals surface area contributed by atoms with Crippen LogP contribution in [0.4, 0.5) is 0 Å². The second kappa shape index (κ2) is 10.4. The Bertz CT molecular complexity index is 277. The molecule has 1 rings (SSSR count). The van der Waals surface area contributed by atoms with Crippen molar-refractivity contribution >= 4 is 18.3 Å². The normalized spacial score (nSPS) is 25.4. The maximum atomic E-state index is 11.8. The number of hydrogen-bond donors (Lipinski definition) is 2. The quantitative estimate of drug-likeness (QED) is 0.710. The molecule has 0 spiro atoms. The molecule has 0 aromatic rings. The van der Waals surface area contributed by atoms with E-state index in [1.807, 2.05) is 13.8 Å². The first-order valence-corrected chi connectivity index (χ1v) is 7.71. The van der Waals surface area contributed by atoms with Gasteiger partial charge in [0.15, 0.2) is 0 Å². The van der Waals surface area contributed by atoms with Crippen molar-refractivity contribution in [1.29, 1.82) is 0 Å². The molecule has 1 aliphatic rings. The van der Waals surface area contributed by atoms with Gasteiger partial charge in [-0.25, -0.2) is 0 Å². The van der Waals surface area contributed by atoms with E-state index in [0.717, 1.165) is 12.8 Å². The molecule has 0 aliphatic heterocycles. The highest BCUT2D eigenvalue weighted by Crippen LogP contribution is 2.25. The van der Waals surface area contributed by atoms with Gasteiger partial charge in [0, 0.05) is 6.54 Å². The third-order valence-corrected chi connectivity index (χ3v) is 4.33. The highest BCUT2D eigenvalue weighted by Gasteiger charge is 2.22. The monoisotopic (exact) mass is 306 g/mol. The van der Waals surface area contributed by atoms with Gasteiger partial charge in [-0.1, -0.05) is 40.0 Å². The minimum absolute atomic E-state index is 0. The standard InChI is InChI=1S/C15H30N2O2.ClH/c1-4-11(2)14(16)15(18)17-9-10-19-13-8-6-5-7-12(13)3;/h11-14H,4-10,16H2,1-3H3,(H,17,18);1H. The highest BCUT2D eigenvalue weighted by molar-refractivity contribution is 5.85. The first-order chi connectivity index (χ1) is 9.06. The number of amides is 1. The molecule has 1 amide bonds. The fourth-order valence-electron chi connectivity index (χ4n) is 2.54. The van der Waals surface area contributed by atoms with Crippen molar-refractivity contribution in [3.8, 4) is 0 Å². The van der Waals surface area contributed by atoms with Crippen molar-refractivity contribution in [3.05, 3.63) is 0 Å². The van der Waals surface area contributed by atoms with Crippen molar-refractivity contribution in [2.45, 2.75) is 65.0 Å². The van der Waals surface area contributed by atoms with Crippen LogP contribution in [-0.4, -0.2) is 31.2 Å². The van der Waals surface area contributed by atoms with E-state index in [4.69, 9.17) is 10.5 Å². The van der Waals surface area contributed by atoms with Crippen molar-refractivity contribution < 1.29 is 9.53 Å². The van der Waals surface area contributed by atoms with E-state index in [1.54, 1.807) is 0 Å². The lowest BCUT2D eigenvalue weighted by Crippen LogP contribution is -2.45. The van der Waals surface area contributed by atoms with E-state index in [1.165, 1.54) is 19.3 Å². The Morgan fingerprint density at radius 1 is 1.40 bits per heavy atom. The van der Waals surface area contributed by atoms with E-state index < -0.39 is 6.04 Å². The first-order valence-electron chi connectivity index (χ1n) is 7.71. The Morgan fingerprint density at radius 3 is 2.65 bits per heavy atom. The summed E-state index contributed by atoms with van der Waals surface area (Å²) in [4.78, 5) is 11.8. The van der Waals surface area contributed by atoms with Gasteiger partial charge in [-0.2, -0.15) is 0 Å². The summed E-state index contributed by atoms with van der Waals surface area (Å²) in [5.41, 5.74) is 5.87. The van der Waals surface area contributed by atoms with Crippen LogP contribution < -0.4 is 11.1 Å². The average Bonchev–Trinajstić information content (AvgIpc) is 2.43. The Labute approximate surface area is 129 Å². The minimum Gasteiger partial charge on any atom is -0.376 e. The summed E-state index contributed by atoms with van der Waals surface area (Å²) < 4.78 is 5.86. The lowest BCUT2D eigenvalue weighted by atomic mass is 9.88. The topological polar surface area (TPSA) is 64.4 Å². The van der Waals surface area contributed by atoms with Gasteiger partial charge in [0.05, 0.1) is 18.8 Å². The molecule has 4 nitrogen and oxygen atoms in total. The number of rotatable bonds is 7. The number of hydrogen-bond acceptors (Lipinski definition) is 3. The summed E-state index contributed by atoms with van der Waals surface area (Å²) in [6, 6.07) is -0.404. The van der Waals surface area contributed by atoms with Crippen LogP contribution in [0.3, 0.4) is 0 Å². The van der Waals surface area contributed by atoms with E-state index in [0.29, 0.717) is 25.2 Å². The van der Waals surface area contributed by atoms with Crippen LogP contribution in [0.15, 0.2) is 0 Å². The van der Waals surface area contributed by atoms with Gasteiger partial charge in [-0.15, -0.1) is 12.4 Å². The van der Waals surface area contributed by atoms with Gasteiger partial charge in [0.1, 0.15) is 0 Å². The minimum atomic E-state index is -0.404. The third kappa shape index (κ3) is 6.42.